The summed E-state index contributed by atoms with van der Waals surface area (Å²) in [6.07, 6.45) is 18.2. The van der Waals surface area contributed by atoms with Crippen molar-refractivity contribution in [2.24, 2.45) is 0 Å². The number of carbonyl (C=O) groups excluding carboxylic acids is 2. The van der Waals surface area contributed by atoms with Crippen LogP contribution in [0.4, 0.5) is 0 Å². The van der Waals surface area contributed by atoms with Crippen molar-refractivity contribution >= 4 is 17.9 Å². The van der Waals surface area contributed by atoms with Crippen molar-refractivity contribution in [2.45, 2.75) is 117 Å². The summed E-state index contributed by atoms with van der Waals surface area (Å²) in [6.45, 7) is 4.96. The fourth-order valence-electron chi connectivity index (χ4n) is 3.99. The van der Waals surface area contributed by atoms with E-state index in [1.165, 1.54) is 82.4 Å². The van der Waals surface area contributed by atoms with Crippen molar-refractivity contribution in [3.05, 3.63) is 34.9 Å². The lowest BCUT2D eigenvalue weighted by Gasteiger charge is -2.10. The molecular weight excluding hydrogens is 444 g/mol. The topological polar surface area (TPSA) is 89.9 Å². The Balaban J connectivity index is 2.39. The SMILES string of the molecule is CCCCCCCCCCOC(=O)c1ccc(C(=O)OCCCCCCCCCC)c(C(=O)O)c1. The average molecular weight is 491 g/mol. The molecule has 1 N–H and O–H groups in total. The number of aromatic carboxylic acids is 1. The molecule has 6 nitrogen and oxygen atoms in total. The molecule has 1 rings (SSSR count). The number of carboxylic acid groups (broad SMARTS) is 1. The van der Waals surface area contributed by atoms with Crippen molar-refractivity contribution in [1.29, 1.82) is 0 Å². The Labute approximate surface area is 211 Å². The Bertz CT molecular complexity index is 743. The summed E-state index contributed by atoms with van der Waals surface area (Å²) in [5.41, 5.74) is -0.161. The molecule has 0 aliphatic heterocycles. The van der Waals surface area contributed by atoms with Crippen LogP contribution in [0.2, 0.25) is 0 Å². The zero-order chi connectivity index (χ0) is 25.7. The normalized spacial score (nSPS) is 10.8. The van der Waals surface area contributed by atoms with Crippen molar-refractivity contribution in [1.82, 2.24) is 0 Å². The summed E-state index contributed by atoms with van der Waals surface area (Å²) in [6, 6.07) is 3.97. The molecule has 0 radical (unpaired) electrons. The molecule has 0 saturated carbocycles. The number of carbonyl (C=O) groups is 3. The fourth-order valence-corrected chi connectivity index (χ4v) is 3.99. The lowest BCUT2D eigenvalue weighted by atomic mass is 10.0. The molecule has 0 aliphatic rings. The molecule has 0 aromatic heterocycles. The van der Waals surface area contributed by atoms with E-state index in [0.717, 1.165) is 38.5 Å². The highest BCUT2D eigenvalue weighted by atomic mass is 16.5. The van der Waals surface area contributed by atoms with Crippen molar-refractivity contribution in [3.8, 4) is 0 Å². The first kappa shape index (κ1) is 30.7. The fraction of sp³-hybridized carbons (Fsp3) is 0.690. The van der Waals surface area contributed by atoms with Gasteiger partial charge in [-0.25, -0.2) is 14.4 Å². The summed E-state index contributed by atoms with van der Waals surface area (Å²) < 4.78 is 10.6. The zero-order valence-electron chi connectivity index (χ0n) is 21.9. The molecule has 35 heavy (non-hydrogen) atoms. The van der Waals surface area contributed by atoms with Gasteiger partial charge in [0.15, 0.2) is 0 Å². The molecule has 198 valence electrons. The first-order chi connectivity index (χ1) is 17.0. The monoisotopic (exact) mass is 490 g/mol. The van der Waals surface area contributed by atoms with Crippen LogP contribution < -0.4 is 0 Å². The number of carboxylic acids is 1. The van der Waals surface area contributed by atoms with Gasteiger partial charge in [-0.1, -0.05) is 104 Å². The standard InChI is InChI=1S/C29H46O6/c1-3-5-7-9-11-13-15-17-21-34-28(32)24-19-20-25(26(23-24)27(30)31)29(33)35-22-18-16-14-12-10-8-6-4-2/h19-20,23H,3-18,21-22H2,1-2H3,(H,30,31). The summed E-state index contributed by atoms with van der Waals surface area (Å²) in [4.78, 5) is 36.4. The number of rotatable bonds is 21. The molecule has 0 spiro atoms. The minimum Gasteiger partial charge on any atom is -0.478 e. The van der Waals surface area contributed by atoms with Gasteiger partial charge in [0.05, 0.1) is 29.9 Å². The van der Waals surface area contributed by atoms with E-state index in [2.05, 4.69) is 13.8 Å². The maximum Gasteiger partial charge on any atom is 0.339 e. The van der Waals surface area contributed by atoms with Crippen LogP contribution >= 0.6 is 0 Å². The highest BCUT2D eigenvalue weighted by Gasteiger charge is 2.20. The van der Waals surface area contributed by atoms with E-state index in [-0.39, 0.29) is 23.3 Å². The van der Waals surface area contributed by atoms with Gasteiger partial charge in [-0.2, -0.15) is 0 Å². The Morgan fingerprint density at radius 3 is 1.49 bits per heavy atom. The van der Waals surface area contributed by atoms with Crippen LogP contribution in [0.25, 0.3) is 0 Å². The molecule has 0 amide bonds. The molecule has 0 atom stereocenters. The van der Waals surface area contributed by atoms with Gasteiger partial charge in [0.2, 0.25) is 0 Å². The van der Waals surface area contributed by atoms with Gasteiger partial charge in [-0.3, -0.25) is 0 Å². The predicted molar refractivity (Wildman–Crippen MR) is 139 cm³/mol. The maximum absolute atomic E-state index is 12.4. The molecular formula is C29H46O6. The second kappa shape index (κ2) is 19.9. The molecule has 0 aliphatic carbocycles. The minimum absolute atomic E-state index is 0.0447. The van der Waals surface area contributed by atoms with Crippen LogP contribution in [0, 0.1) is 0 Å². The van der Waals surface area contributed by atoms with Crippen LogP contribution in [-0.2, 0) is 9.47 Å². The Kier molecular flexibility index (Phi) is 17.4. The van der Waals surface area contributed by atoms with E-state index >= 15 is 0 Å². The second-order valence-corrected chi connectivity index (χ2v) is 9.29. The number of hydrogen-bond donors (Lipinski definition) is 1. The number of hydrogen-bond acceptors (Lipinski definition) is 5. The van der Waals surface area contributed by atoms with Gasteiger partial charge in [-0.15, -0.1) is 0 Å². The molecule has 0 saturated heterocycles. The van der Waals surface area contributed by atoms with Crippen LogP contribution in [0.15, 0.2) is 18.2 Å². The zero-order valence-corrected chi connectivity index (χ0v) is 21.9. The lowest BCUT2D eigenvalue weighted by Crippen LogP contribution is -2.15. The predicted octanol–water partition coefficient (Wildman–Crippen LogP) is 7.98. The average Bonchev–Trinajstić information content (AvgIpc) is 2.86. The molecule has 1 aromatic rings. The summed E-state index contributed by atoms with van der Waals surface area (Å²) in [5.74, 6) is -2.53. The summed E-state index contributed by atoms with van der Waals surface area (Å²) in [7, 11) is 0. The summed E-state index contributed by atoms with van der Waals surface area (Å²) in [5, 5.41) is 9.54. The van der Waals surface area contributed by atoms with E-state index in [1.54, 1.807) is 0 Å². The van der Waals surface area contributed by atoms with Gasteiger partial charge in [0.25, 0.3) is 0 Å². The van der Waals surface area contributed by atoms with Gasteiger partial charge in [0, 0.05) is 0 Å². The van der Waals surface area contributed by atoms with Crippen molar-refractivity contribution in [2.75, 3.05) is 13.2 Å². The first-order valence-electron chi connectivity index (χ1n) is 13.7. The Morgan fingerprint density at radius 2 is 1.03 bits per heavy atom. The molecule has 1 aromatic carbocycles. The molecule has 0 heterocycles. The number of unbranched alkanes of at least 4 members (excludes halogenated alkanes) is 14. The van der Waals surface area contributed by atoms with Crippen LogP contribution in [-0.4, -0.2) is 36.2 Å². The first-order valence-corrected chi connectivity index (χ1v) is 13.7. The van der Waals surface area contributed by atoms with Gasteiger partial charge < -0.3 is 14.6 Å². The lowest BCUT2D eigenvalue weighted by molar-refractivity contribution is 0.0477. The van der Waals surface area contributed by atoms with Crippen molar-refractivity contribution < 1.29 is 29.0 Å². The van der Waals surface area contributed by atoms with Gasteiger partial charge >= 0.3 is 17.9 Å². The second-order valence-electron chi connectivity index (χ2n) is 9.29. The van der Waals surface area contributed by atoms with Gasteiger partial charge in [0.1, 0.15) is 0 Å². The largest absolute Gasteiger partial charge is 0.478 e. The third kappa shape index (κ3) is 13.9. The summed E-state index contributed by atoms with van der Waals surface area (Å²) >= 11 is 0. The van der Waals surface area contributed by atoms with E-state index < -0.39 is 17.9 Å². The third-order valence-electron chi connectivity index (χ3n) is 6.17. The third-order valence-corrected chi connectivity index (χ3v) is 6.17. The molecule has 0 unspecified atom stereocenters. The number of esters is 2. The minimum atomic E-state index is -1.28. The smallest absolute Gasteiger partial charge is 0.339 e. The Hall–Kier alpha value is -2.37. The van der Waals surface area contributed by atoms with E-state index in [0.29, 0.717) is 6.61 Å². The quantitative estimate of drug-likeness (QED) is 0.139. The maximum atomic E-state index is 12.4. The van der Waals surface area contributed by atoms with Crippen LogP contribution in [0.5, 0.6) is 0 Å². The highest BCUT2D eigenvalue weighted by molar-refractivity contribution is 6.04. The van der Waals surface area contributed by atoms with E-state index in [1.807, 2.05) is 0 Å². The van der Waals surface area contributed by atoms with E-state index in [9.17, 15) is 19.5 Å². The Morgan fingerprint density at radius 1 is 0.600 bits per heavy atom. The number of benzene rings is 1. The highest BCUT2D eigenvalue weighted by Crippen LogP contribution is 2.16. The molecule has 0 fully saturated rings. The molecule has 6 heteroatoms. The van der Waals surface area contributed by atoms with Gasteiger partial charge in [-0.05, 0) is 31.0 Å². The number of ether oxygens (including phenoxy) is 2. The molecule has 0 bridgehead atoms. The van der Waals surface area contributed by atoms with E-state index in [4.69, 9.17) is 9.47 Å². The van der Waals surface area contributed by atoms with Crippen molar-refractivity contribution in [3.63, 3.8) is 0 Å². The van der Waals surface area contributed by atoms with Crippen LogP contribution in [0.3, 0.4) is 0 Å². The van der Waals surface area contributed by atoms with Crippen LogP contribution in [0.1, 0.15) is 148 Å².